The molecule has 0 radical (unpaired) electrons. The summed E-state index contributed by atoms with van der Waals surface area (Å²) in [5.41, 5.74) is 2.64. The molecule has 0 bridgehead atoms. The van der Waals surface area contributed by atoms with Gasteiger partial charge in [0.2, 0.25) is 11.8 Å². The van der Waals surface area contributed by atoms with E-state index in [0.29, 0.717) is 33.3 Å². The highest BCUT2D eigenvalue weighted by Gasteiger charge is 2.34. The molecule has 2 amide bonds. The second-order valence-electron chi connectivity index (χ2n) is 10.1. The van der Waals surface area contributed by atoms with Crippen molar-refractivity contribution in [1.29, 1.82) is 0 Å². The van der Waals surface area contributed by atoms with Gasteiger partial charge in [0.05, 0.1) is 20.6 Å². The number of hydrogen-bond donors (Lipinski definition) is 1. The number of sulfonamides is 1. The number of carbonyl (C=O) groups is 2. The molecule has 3 aromatic carbocycles. The lowest BCUT2D eigenvalue weighted by atomic mass is 10.1. The maximum Gasteiger partial charge on any atom is 0.264 e. The van der Waals surface area contributed by atoms with Gasteiger partial charge in [-0.1, -0.05) is 79.0 Å². The van der Waals surface area contributed by atoms with Crippen molar-refractivity contribution in [2.45, 2.75) is 71.0 Å². The number of carbonyl (C=O) groups excluding carboxylic acids is 2. The summed E-state index contributed by atoms with van der Waals surface area (Å²) >= 11 is 12.4. The number of amides is 2. The number of halogens is 2. The summed E-state index contributed by atoms with van der Waals surface area (Å²) in [4.78, 5) is 29.0. The van der Waals surface area contributed by atoms with Crippen LogP contribution < -0.4 is 9.62 Å². The summed E-state index contributed by atoms with van der Waals surface area (Å²) in [5, 5.41) is 3.65. The summed E-state index contributed by atoms with van der Waals surface area (Å²) in [5.74, 6) is -0.833. The Hall–Kier alpha value is -3.07. The van der Waals surface area contributed by atoms with Gasteiger partial charge < -0.3 is 10.2 Å². The fourth-order valence-corrected chi connectivity index (χ4v) is 6.19. The highest BCUT2D eigenvalue weighted by molar-refractivity contribution is 7.92. The van der Waals surface area contributed by atoms with Crippen molar-refractivity contribution in [3.63, 3.8) is 0 Å². The van der Waals surface area contributed by atoms with Crippen molar-refractivity contribution in [3.05, 3.63) is 93.5 Å². The van der Waals surface area contributed by atoms with Crippen molar-refractivity contribution in [1.82, 2.24) is 10.2 Å². The molecule has 7 nitrogen and oxygen atoms in total. The van der Waals surface area contributed by atoms with Gasteiger partial charge in [0.1, 0.15) is 12.6 Å². The molecule has 0 aliphatic rings. The minimum absolute atomic E-state index is 0.0361. The average Bonchev–Trinajstić information content (AvgIpc) is 2.94. The third kappa shape index (κ3) is 8.03. The lowest BCUT2D eigenvalue weighted by Gasteiger charge is -2.34. The number of hydrogen-bond acceptors (Lipinski definition) is 4. The molecule has 0 saturated heterocycles. The lowest BCUT2D eigenvalue weighted by Crippen LogP contribution is -2.53. The molecule has 0 fully saturated rings. The van der Waals surface area contributed by atoms with Crippen LogP contribution in [0.4, 0.5) is 5.69 Å². The third-order valence-corrected chi connectivity index (χ3v) is 9.51. The van der Waals surface area contributed by atoms with E-state index in [-0.39, 0.29) is 23.4 Å². The number of rotatable bonds is 12. The zero-order valence-electron chi connectivity index (χ0n) is 24.0. The SMILES string of the molecule is CC[C@@H](C)NC(=O)[C@@H](CC)N(Cc1ccc(Cl)c(Cl)c1)C(=O)CN(c1ccccc1C)S(=O)(=O)c1ccc(C)cc1. The van der Waals surface area contributed by atoms with E-state index < -0.39 is 28.5 Å². The number of anilines is 1. The highest BCUT2D eigenvalue weighted by atomic mass is 35.5. The Morgan fingerprint density at radius 1 is 0.902 bits per heavy atom. The van der Waals surface area contributed by atoms with Gasteiger partial charge >= 0.3 is 0 Å². The molecule has 3 aromatic rings. The molecule has 0 spiro atoms. The van der Waals surface area contributed by atoms with Gasteiger partial charge in [0.15, 0.2) is 0 Å². The fourth-order valence-electron chi connectivity index (χ4n) is 4.39. The summed E-state index contributed by atoms with van der Waals surface area (Å²) in [6, 6.07) is 17.6. The summed E-state index contributed by atoms with van der Waals surface area (Å²) in [6.45, 7) is 8.86. The Bertz CT molecular complexity index is 1480. The molecule has 3 rings (SSSR count). The largest absolute Gasteiger partial charge is 0.352 e. The van der Waals surface area contributed by atoms with Crippen LogP contribution in [0.15, 0.2) is 71.6 Å². The second kappa shape index (κ2) is 14.2. The van der Waals surface area contributed by atoms with Crippen molar-refractivity contribution < 1.29 is 18.0 Å². The Kier molecular flexibility index (Phi) is 11.2. The number of aryl methyl sites for hydroxylation is 2. The van der Waals surface area contributed by atoms with E-state index >= 15 is 0 Å². The van der Waals surface area contributed by atoms with Crippen LogP contribution in [-0.4, -0.2) is 43.8 Å². The Balaban J connectivity index is 2.09. The number of nitrogens with one attached hydrogen (secondary N) is 1. The van der Waals surface area contributed by atoms with Crippen LogP contribution in [0.2, 0.25) is 10.0 Å². The maximum absolute atomic E-state index is 14.2. The van der Waals surface area contributed by atoms with E-state index in [1.165, 1.54) is 17.0 Å². The minimum Gasteiger partial charge on any atom is -0.352 e. The fraction of sp³-hybridized carbons (Fsp3) is 0.355. The smallest absolute Gasteiger partial charge is 0.264 e. The first kappa shape index (κ1) is 32.4. The van der Waals surface area contributed by atoms with Gasteiger partial charge in [-0.05, 0) is 75.1 Å². The monoisotopic (exact) mass is 617 g/mol. The Morgan fingerprint density at radius 2 is 1.56 bits per heavy atom. The van der Waals surface area contributed by atoms with Crippen LogP contribution in [0, 0.1) is 13.8 Å². The van der Waals surface area contributed by atoms with E-state index in [1.54, 1.807) is 61.5 Å². The Morgan fingerprint density at radius 3 is 2.15 bits per heavy atom. The maximum atomic E-state index is 14.2. The van der Waals surface area contributed by atoms with Crippen LogP contribution in [0.3, 0.4) is 0 Å². The van der Waals surface area contributed by atoms with Crippen molar-refractivity contribution in [3.8, 4) is 0 Å². The summed E-state index contributed by atoms with van der Waals surface area (Å²) < 4.78 is 29.1. The van der Waals surface area contributed by atoms with Crippen LogP contribution >= 0.6 is 23.2 Å². The summed E-state index contributed by atoms with van der Waals surface area (Å²) in [6.07, 6.45) is 1.04. The van der Waals surface area contributed by atoms with Gasteiger partial charge in [-0.25, -0.2) is 8.42 Å². The Labute approximate surface area is 253 Å². The van der Waals surface area contributed by atoms with E-state index in [1.807, 2.05) is 27.7 Å². The number of para-hydroxylation sites is 1. The molecule has 10 heteroatoms. The van der Waals surface area contributed by atoms with Gasteiger partial charge in [-0.3, -0.25) is 13.9 Å². The molecule has 0 aliphatic heterocycles. The zero-order valence-corrected chi connectivity index (χ0v) is 26.4. The first-order valence-corrected chi connectivity index (χ1v) is 15.8. The second-order valence-corrected chi connectivity index (χ2v) is 12.8. The van der Waals surface area contributed by atoms with Crippen LogP contribution in [-0.2, 0) is 26.2 Å². The average molecular weight is 619 g/mol. The third-order valence-electron chi connectivity index (χ3n) is 7.00. The topological polar surface area (TPSA) is 86.8 Å². The van der Waals surface area contributed by atoms with Crippen molar-refractivity contribution in [2.75, 3.05) is 10.8 Å². The first-order chi connectivity index (χ1) is 19.4. The van der Waals surface area contributed by atoms with Gasteiger partial charge in [0.25, 0.3) is 10.0 Å². The molecule has 0 aliphatic carbocycles. The normalized spacial score (nSPS) is 12.9. The van der Waals surface area contributed by atoms with Gasteiger partial charge in [-0.15, -0.1) is 0 Å². The molecular weight excluding hydrogens is 581 g/mol. The van der Waals surface area contributed by atoms with Crippen LogP contribution in [0.25, 0.3) is 0 Å². The van der Waals surface area contributed by atoms with E-state index in [2.05, 4.69) is 5.32 Å². The number of benzene rings is 3. The quantitative estimate of drug-likeness (QED) is 0.250. The molecule has 2 atom stereocenters. The van der Waals surface area contributed by atoms with Crippen molar-refractivity contribution >= 4 is 50.7 Å². The highest BCUT2D eigenvalue weighted by Crippen LogP contribution is 2.28. The van der Waals surface area contributed by atoms with Gasteiger partial charge in [-0.2, -0.15) is 0 Å². The zero-order chi connectivity index (χ0) is 30.3. The molecular formula is C31H37Cl2N3O4S. The lowest BCUT2D eigenvalue weighted by molar-refractivity contribution is -0.140. The summed E-state index contributed by atoms with van der Waals surface area (Å²) in [7, 11) is -4.14. The predicted octanol–water partition coefficient (Wildman–Crippen LogP) is 6.53. The van der Waals surface area contributed by atoms with Gasteiger partial charge in [0, 0.05) is 12.6 Å². The molecule has 41 heavy (non-hydrogen) atoms. The van der Waals surface area contributed by atoms with E-state index in [0.717, 1.165) is 16.3 Å². The molecule has 0 aromatic heterocycles. The van der Waals surface area contributed by atoms with E-state index in [9.17, 15) is 18.0 Å². The molecule has 0 unspecified atom stereocenters. The molecule has 0 heterocycles. The molecule has 0 saturated carbocycles. The standard InChI is InChI=1S/C31H37Cl2N3O4S/c1-6-23(5)34-31(38)28(7-2)35(19-24-14-17-26(32)27(33)18-24)30(37)20-36(29-11-9-8-10-22(29)4)41(39,40)25-15-12-21(3)13-16-25/h8-18,23,28H,6-7,19-20H2,1-5H3,(H,34,38)/t23-,28-/m1/s1. The number of nitrogens with zero attached hydrogens (tertiary/aromatic N) is 2. The molecule has 1 N–H and O–H groups in total. The van der Waals surface area contributed by atoms with E-state index in [4.69, 9.17) is 23.2 Å². The predicted molar refractivity (Wildman–Crippen MR) is 166 cm³/mol. The minimum atomic E-state index is -4.14. The van der Waals surface area contributed by atoms with Crippen LogP contribution in [0.5, 0.6) is 0 Å². The first-order valence-electron chi connectivity index (χ1n) is 13.6. The van der Waals surface area contributed by atoms with Crippen LogP contribution in [0.1, 0.15) is 50.3 Å². The molecule has 220 valence electrons. The van der Waals surface area contributed by atoms with Crippen molar-refractivity contribution in [2.24, 2.45) is 0 Å².